The Morgan fingerprint density at radius 3 is 2.85 bits per heavy atom. The van der Waals surface area contributed by atoms with E-state index in [0.717, 1.165) is 5.69 Å². The first kappa shape index (κ1) is 13.0. The highest BCUT2D eigenvalue weighted by Gasteiger charge is 2.33. The van der Waals surface area contributed by atoms with Crippen LogP contribution in [0.25, 0.3) is 6.08 Å². The second kappa shape index (κ2) is 5.15. The van der Waals surface area contributed by atoms with Gasteiger partial charge in [0.15, 0.2) is 4.32 Å². The number of aromatic amines is 1. The van der Waals surface area contributed by atoms with Gasteiger partial charge in [-0.3, -0.25) is 9.69 Å². The number of phenols is 1. The Balaban J connectivity index is 1.95. The monoisotopic (exact) mass is 302 g/mol. The van der Waals surface area contributed by atoms with Crippen molar-refractivity contribution in [3.05, 3.63) is 53.2 Å². The summed E-state index contributed by atoms with van der Waals surface area (Å²) in [7, 11) is 0. The SMILES string of the molecule is O=C1/C(=C\c2ccc[nH]2)SC(=S)N1c1cccc(O)c1. The van der Waals surface area contributed by atoms with Gasteiger partial charge >= 0.3 is 0 Å². The lowest BCUT2D eigenvalue weighted by molar-refractivity contribution is -0.113. The number of anilines is 1. The number of hydrogen-bond acceptors (Lipinski definition) is 4. The molecular weight excluding hydrogens is 292 g/mol. The average molecular weight is 302 g/mol. The van der Waals surface area contributed by atoms with Gasteiger partial charge in [-0.25, -0.2) is 0 Å². The van der Waals surface area contributed by atoms with Crippen molar-refractivity contribution in [3.8, 4) is 5.75 Å². The molecule has 20 heavy (non-hydrogen) atoms. The van der Waals surface area contributed by atoms with Gasteiger partial charge in [0.05, 0.1) is 10.6 Å². The van der Waals surface area contributed by atoms with E-state index in [4.69, 9.17) is 12.2 Å². The molecule has 0 spiro atoms. The number of phenolic OH excluding ortho intramolecular Hbond substituents is 1. The van der Waals surface area contributed by atoms with Crippen molar-refractivity contribution < 1.29 is 9.90 Å². The lowest BCUT2D eigenvalue weighted by Crippen LogP contribution is -2.27. The molecule has 1 fully saturated rings. The molecule has 2 aromatic rings. The first-order chi connectivity index (χ1) is 9.65. The number of aromatic nitrogens is 1. The molecule has 100 valence electrons. The van der Waals surface area contributed by atoms with Crippen LogP contribution in [0.3, 0.4) is 0 Å². The maximum atomic E-state index is 12.4. The van der Waals surface area contributed by atoms with Crippen LogP contribution in [0.2, 0.25) is 0 Å². The van der Waals surface area contributed by atoms with Crippen LogP contribution in [0.5, 0.6) is 5.75 Å². The molecule has 2 N–H and O–H groups in total. The molecule has 1 aliphatic rings. The van der Waals surface area contributed by atoms with Crippen LogP contribution in [0.15, 0.2) is 47.5 Å². The van der Waals surface area contributed by atoms with Crippen molar-refractivity contribution >= 4 is 46.0 Å². The normalized spacial score (nSPS) is 17.2. The number of nitrogens with zero attached hydrogens (tertiary/aromatic N) is 1. The van der Waals surface area contributed by atoms with Crippen LogP contribution in [-0.4, -0.2) is 20.3 Å². The zero-order valence-electron chi connectivity index (χ0n) is 10.2. The van der Waals surface area contributed by atoms with Crippen molar-refractivity contribution in [1.82, 2.24) is 4.98 Å². The van der Waals surface area contributed by atoms with E-state index >= 15 is 0 Å². The fourth-order valence-electron chi connectivity index (χ4n) is 1.90. The van der Waals surface area contributed by atoms with Gasteiger partial charge < -0.3 is 10.1 Å². The second-order valence-electron chi connectivity index (χ2n) is 4.16. The van der Waals surface area contributed by atoms with E-state index in [1.54, 1.807) is 30.5 Å². The highest BCUT2D eigenvalue weighted by atomic mass is 32.2. The predicted molar refractivity (Wildman–Crippen MR) is 84.6 cm³/mol. The number of H-pyrrole nitrogens is 1. The first-order valence-corrected chi connectivity index (χ1v) is 7.08. The number of amides is 1. The standard InChI is InChI=1S/C14H10N2O2S2/c17-11-5-1-4-10(8-11)16-13(18)12(20-14(16)19)7-9-3-2-6-15-9/h1-8,15,17H/b12-7+. The number of hydrogen-bond donors (Lipinski definition) is 2. The van der Waals surface area contributed by atoms with Gasteiger partial charge in [0.2, 0.25) is 0 Å². The largest absolute Gasteiger partial charge is 0.508 e. The van der Waals surface area contributed by atoms with Crippen LogP contribution in [-0.2, 0) is 4.79 Å². The van der Waals surface area contributed by atoms with Crippen LogP contribution in [0.1, 0.15) is 5.69 Å². The lowest BCUT2D eigenvalue weighted by atomic mass is 10.2. The molecule has 2 heterocycles. The summed E-state index contributed by atoms with van der Waals surface area (Å²) in [5.41, 5.74) is 1.42. The van der Waals surface area contributed by atoms with E-state index < -0.39 is 0 Å². The van der Waals surface area contributed by atoms with Crippen molar-refractivity contribution in [2.45, 2.75) is 0 Å². The summed E-state index contributed by atoms with van der Waals surface area (Å²) in [6.07, 6.45) is 3.56. The van der Waals surface area contributed by atoms with Crippen LogP contribution >= 0.6 is 24.0 Å². The van der Waals surface area contributed by atoms with Gasteiger partial charge in [0, 0.05) is 18.0 Å². The van der Waals surface area contributed by atoms with E-state index in [2.05, 4.69) is 4.98 Å². The molecule has 1 aliphatic heterocycles. The Kier molecular flexibility index (Phi) is 3.33. The van der Waals surface area contributed by atoms with E-state index in [1.807, 2.05) is 12.1 Å². The number of thioether (sulfide) groups is 1. The molecule has 0 unspecified atom stereocenters. The molecule has 0 aliphatic carbocycles. The highest BCUT2D eigenvalue weighted by molar-refractivity contribution is 8.27. The van der Waals surface area contributed by atoms with E-state index in [-0.39, 0.29) is 11.7 Å². The minimum atomic E-state index is -0.180. The summed E-state index contributed by atoms with van der Waals surface area (Å²) >= 11 is 6.50. The zero-order valence-corrected chi connectivity index (χ0v) is 11.9. The van der Waals surface area contributed by atoms with Gasteiger partial charge in [-0.1, -0.05) is 30.0 Å². The number of thiocarbonyl (C=S) groups is 1. The number of aromatic hydroxyl groups is 1. The van der Waals surface area contributed by atoms with Crippen LogP contribution < -0.4 is 4.90 Å². The summed E-state index contributed by atoms with van der Waals surface area (Å²) in [6, 6.07) is 10.2. The fraction of sp³-hybridized carbons (Fsp3) is 0. The number of rotatable bonds is 2. The Bertz CT molecular complexity index is 708. The van der Waals surface area contributed by atoms with E-state index in [0.29, 0.717) is 14.9 Å². The van der Waals surface area contributed by atoms with Crippen molar-refractivity contribution in [2.24, 2.45) is 0 Å². The van der Waals surface area contributed by atoms with Crippen molar-refractivity contribution in [3.63, 3.8) is 0 Å². The van der Waals surface area contributed by atoms with Crippen LogP contribution in [0.4, 0.5) is 5.69 Å². The van der Waals surface area contributed by atoms with Gasteiger partial charge in [-0.15, -0.1) is 0 Å². The minimum absolute atomic E-state index is 0.102. The van der Waals surface area contributed by atoms with Gasteiger partial charge in [0.1, 0.15) is 5.75 Å². The Morgan fingerprint density at radius 1 is 1.30 bits per heavy atom. The Hall–Kier alpha value is -2.05. The molecule has 0 radical (unpaired) electrons. The third-order valence-electron chi connectivity index (χ3n) is 2.79. The molecule has 6 heteroatoms. The van der Waals surface area contributed by atoms with Gasteiger partial charge in [0.25, 0.3) is 5.91 Å². The number of carbonyl (C=O) groups is 1. The third kappa shape index (κ3) is 2.35. The fourth-order valence-corrected chi connectivity index (χ4v) is 3.19. The molecule has 4 nitrogen and oxygen atoms in total. The molecule has 0 bridgehead atoms. The van der Waals surface area contributed by atoms with E-state index in [9.17, 15) is 9.90 Å². The first-order valence-electron chi connectivity index (χ1n) is 5.85. The highest BCUT2D eigenvalue weighted by Crippen LogP contribution is 2.36. The topological polar surface area (TPSA) is 56.3 Å². The molecule has 0 saturated carbocycles. The van der Waals surface area contributed by atoms with Crippen LogP contribution in [0, 0.1) is 0 Å². The predicted octanol–water partition coefficient (Wildman–Crippen LogP) is 3.13. The molecule has 1 saturated heterocycles. The van der Waals surface area contributed by atoms with Gasteiger partial charge in [-0.05, 0) is 30.3 Å². The number of benzene rings is 1. The summed E-state index contributed by atoms with van der Waals surface area (Å²) in [4.78, 5) is 17.4. The maximum Gasteiger partial charge on any atom is 0.270 e. The average Bonchev–Trinajstić information content (AvgIpc) is 2.99. The molecule has 1 aromatic carbocycles. The zero-order chi connectivity index (χ0) is 14.1. The molecule has 1 amide bonds. The Labute approximate surface area is 125 Å². The number of nitrogens with one attached hydrogen (secondary N) is 1. The summed E-state index contributed by atoms with van der Waals surface area (Å²) in [5, 5.41) is 9.51. The third-order valence-corrected chi connectivity index (χ3v) is 4.09. The van der Waals surface area contributed by atoms with E-state index in [1.165, 1.54) is 22.7 Å². The minimum Gasteiger partial charge on any atom is -0.508 e. The van der Waals surface area contributed by atoms with Crippen molar-refractivity contribution in [2.75, 3.05) is 4.90 Å². The quantitative estimate of drug-likeness (QED) is 0.661. The lowest BCUT2D eigenvalue weighted by Gasteiger charge is -2.14. The second-order valence-corrected chi connectivity index (χ2v) is 5.84. The molecular formula is C14H10N2O2S2. The smallest absolute Gasteiger partial charge is 0.270 e. The Morgan fingerprint density at radius 2 is 2.15 bits per heavy atom. The van der Waals surface area contributed by atoms with Gasteiger partial charge in [-0.2, -0.15) is 0 Å². The molecule has 1 aromatic heterocycles. The maximum absolute atomic E-state index is 12.4. The summed E-state index contributed by atoms with van der Waals surface area (Å²) in [6.45, 7) is 0. The molecule has 0 atom stereocenters. The molecule has 3 rings (SSSR count). The number of carbonyl (C=O) groups excluding carboxylic acids is 1. The summed E-state index contributed by atoms with van der Waals surface area (Å²) < 4.78 is 0.457. The summed E-state index contributed by atoms with van der Waals surface area (Å²) in [5.74, 6) is -0.0786. The van der Waals surface area contributed by atoms with Crippen molar-refractivity contribution in [1.29, 1.82) is 0 Å².